The van der Waals surface area contributed by atoms with Crippen molar-refractivity contribution in [2.45, 2.75) is 30.5 Å². The van der Waals surface area contributed by atoms with Gasteiger partial charge in [-0.25, -0.2) is 0 Å². The lowest BCUT2D eigenvalue weighted by molar-refractivity contribution is 0.251. The molecule has 5 aliphatic rings. The van der Waals surface area contributed by atoms with Crippen LogP contribution in [0.5, 0.6) is 51.7 Å². The molecule has 14 nitrogen and oxygen atoms in total. The molecule has 0 amide bonds. The number of hydrogen-bond acceptors (Lipinski definition) is 14. The Morgan fingerprint density at radius 2 is 0.725 bits per heavy atom. The van der Waals surface area contributed by atoms with Crippen molar-refractivity contribution in [1.29, 1.82) is 0 Å². The lowest BCUT2D eigenvalue weighted by Crippen LogP contribution is -2.06. The maximum Gasteiger partial charge on any atom is 0.129 e. The molecule has 0 spiro atoms. The van der Waals surface area contributed by atoms with Crippen LogP contribution in [0.25, 0.3) is 0 Å². The Morgan fingerprint density at radius 3 is 1.00 bits per heavy atom. The summed E-state index contributed by atoms with van der Waals surface area (Å²) in [5, 5.41) is 27.3. The van der Waals surface area contributed by atoms with Crippen LogP contribution in [-0.2, 0) is 23.7 Å². The third kappa shape index (κ3) is 17.3. The van der Waals surface area contributed by atoms with Crippen molar-refractivity contribution in [2.75, 3.05) is 65.3 Å². The van der Waals surface area contributed by atoms with E-state index in [4.69, 9.17) is 69.0 Å². The fraction of sp³-hybridized carbons (Fsp3) is 0.455. The van der Waals surface area contributed by atoms with Gasteiger partial charge in [0.1, 0.15) is 103 Å². The summed E-state index contributed by atoms with van der Waals surface area (Å²) in [5.74, 6) is 4.47. The molecule has 5 fully saturated rings. The minimum Gasteiger partial charge on any atom is -0.508 e. The van der Waals surface area contributed by atoms with Crippen LogP contribution in [0.1, 0.15) is 0 Å². The summed E-state index contributed by atoms with van der Waals surface area (Å²) >= 11 is 5.27. The molecule has 3 N–H and O–H groups in total. The maximum absolute atomic E-state index is 9.53. The van der Waals surface area contributed by atoms with Crippen molar-refractivity contribution in [3.8, 4) is 51.7 Å². The minimum atomic E-state index is -0.0162. The van der Waals surface area contributed by atoms with E-state index in [2.05, 4.69) is 14.0 Å². The van der Waals surface area contributed by atoms with E-state index in [1.54, 1.807) is 18.2 Å². The first-order chi connectivity index (χ1) is 24.3. The van der Waals surface area contributed by atoms with E-state index >= 15 is 0 Å². The van der Waals surface area contributed by atoms with Crippen molar-refractivity contribution in [3.05, 3.63) is 54.6 Å². The predicted octanol–water partition coefficient (Wildman–Crippen LogP) is 3.87. The molecule has 5 heterocycles. The van der Waals surface area contributed by atoms with Crippen molar-refractivity contribution in [3.63, 3.8) is 0 Å². The highest BCUT2D eigenvalue weighted by Crippen LogP contribution is 2.31. The fourth-order valence-electron chi connectivity index (χ4n) is 3.71. The Hall–Kier alpha value is -3.13. The topological polar surface area (TPSA) is 179 Å². The van der Waals surface area contributed by atoms with Crippen LogP contribution in [0.15, 0.2) is 54.6 Å². The zero-order chi connectivity index (χ0) is 35.3. The molecule has 0 bridgehead atoms. The zero-order valence-electron chi connectivity index (χ0n) is 27.6. The van der Waals surface area contributed by atoms with E-state index < -0.39 is 0 Å². The molecule has 18 heteroatoms. The molecule has 5 saturated heterocycles. The predicted molar refractivity (Wildman–Crippen MR) is 192 cm³/mol. The van der Waals surface area contributed by atoms with Gasteiger partial charge >= 0.3 is 0 Å². The standard InChI is InChI=1S/C12H15O5P.C12H14O5.C6H7O3P.C3H5ClO.B/c18-17-10-2-8(13-4-11-6-15-11)1-9(3-10)14-5-12-7-16-12;13-8-1-9(14-4-11-6-16-11)3-10(2-8)15-5-12-7-17-12;7-4-1-5(8)3-6(2-4)9-10;4-1-3-2-5-3;/h1-3,11-12H,4-7,18H2;1-3,11-13H,4-7H2;1-3,7-8H,10H2;3H,1-2H2;. The number of halogens is 1. The molecule has 7 atom stereocenters. The van der Waals surface area contributed by atoms with Gasteiger partial charge in [-0.15, -0.1) is 11.6 Å². The Labute approximate surface area is 307 Å². The Morgan fingerprint density at radius 1 is 0.471 bits per heavy atom. The van der Waals surface area contributed by atoms with Crippen LogP contribution >= 0.6 is 30.5 Å². The Kier molecular flexibility index (Phi) is 16.6. The van der Waals surface area contributed by atoms with Crippen LogP contribution in [0.2, 0.25) is 0 Å². The molecule has 0 saturated carbocycles. The van der Waals surface area contributed by atoms with Gasteiger partial charge in [0.15, 0.2) is 0 Å². The normalized spacial score (nSPS) is 22.3. The van der Waals surface area contributed by atoms with E-state index in [1.165, 1.54) is 18.2 Å². The molecule has 277 valence electrons. The van der Waals surface area contributed by atoms with Crippen LogP contribution in [-0.4, -0.2) is 120 Å². The third-order valence-corrected chi connectivity index (χ3v) is 7.68. The number of aromatic hydroxyl groups is 3. The number of rotatable bonds is 15. The van der Waals surface area contributed by atoms with E-state index in [0.717, 1.165) is 44.5 Å². The zero-order valence-corrected chi connectivity index (χ0v) is 30.7. The number of hydrogen-bond donors (Lipinski definition) is 3. The van der Waals surface area contributed by atoms with Crippen molar-refractivity contribution >= 4 is 38.9 Å². The minimum absolute atomic E-state index is 0. The summed E-state index contributed by atoms with van der Waals surface area (Å²) in [6.07, 6.45) is 1.25. The molecule has 5 aliphatic heterocycles. The second-order valence-corrected chi connectivity index (χ2v) is 12.2. The van der Waals surface area contributed by atoms with Gasteiger partial charge in [-0.1, -0.05) is 0 Å². The summed E-state index contributed by atoms with van der Waals surface area (Å²) in [6.45, 7) is 6.08. The van der Waals surface area contributed by atoms with Crippen molar-refractivity contribution in [2.24, 2.45) is 0 Å². The van der Waals surface area contributed by atoms with E-state index in [9.17, 15) is 5.11 Å². The lowest BCUT2D eigenvalue weighted by atomic mass is 10.3. The second kappa shape index (κ2) is 20.8. The smallest absolute Gasteiger partial charge is 0.129 e. The summed E-state index contributed by atoms with van der Waals surface area (Å²) in [6, 6.07) is 14.4. The van der Waals surface area contributed by atoms with Gasteiger partial charge in [0, 0.05) is 63.0 Å². The number of ether oxygens (including phenoxy) is 9. The van der Waals surface area contributed by atoms with Gasteiger partial charge in [0.2, 0.25) is 0 Å². The van der Waals surface area contributed by atoms with Crippen LogP contribution in [0.4, 0.5) is 0 Å². The van der Waals surface area contributed by atoms with Crippen LogP contribution in [0, 0.1) is 0 Å². The quantitative estimate of drug-likeness (QED) is 0.0878. The highest BCUT2D eigenvalue weighted by Gasteiger charge is 2.26. The largest absolute Gasteiger partial charge is 0.508 e. The number of alkyl halides is 1. The van der Waals surface area contributed by atoms with Gasteiger partial charge in [-0.3, -0.25) is 0 Å². The molecule has 3 aromatic rings. The molecule has 3 aromatic carbocycles. The van der Waals surface area contributed by atoms with Crippen LogP contribution in [0.3, 0.4) is 0 Å². The second-order valence-electron chi connectivity index (χ2n) is 11.4. The van der Waals surface area contributed by atoms with Crippen molar-refractivity contribution < 1.29 is 67.0 Å². The maximum atomic E-state index is 9.53. The molecule has 0 aliphatic carbocycles. The molecular weight excluding hydrogens is 729 g/mol. The summed E-state index contributed by atoms with van der Waals surface area (Å²) in [5.41, 5.74) is 0. The summed E-state index contributed by atoms with van der Waals surface area (Å²) < 4.78 is 57.0. The number of benzene rings is 3. The molecule has 7 unspecified atom stereocenters. The highest BCUT2D eigenvalue weighted by atomic mass is 35.5. The van der Waals surface area contributed by atoms with E-state index in [0.29, 0.717) is 61.4 Å². The van der Waals surface area contributed by atoms with Gasteiger partial charge in [0.25, 0.3) is 0 Å². The third-order valence-electron chi connectivity index (χ3n) is 6.79. The summed E-state index contributed by atoms with van der Waals surface area (Å²) in [7, 11) is 4.23. The van der Waals surface area contributed by atoms with Gasteiger partial charge < -0.3 is 67.0 Å². The van der Waals surface area contributed by atoms with Gasteiger partial charge in [-0.2, -0.15) is 0 Å². The highest BCUT2D eigenvalue weighted by molar-refractivity contribution is 7.10. The van der Waals surface area contributed by atoms with E-state index in [-0.39, 0.29) is 50.1 Å². The number of epoxide rings is 5. The first-order valence-electron chi connectivity index (χ1n) is 15.7. The average Bonchev–Trinajstić information content (AvgIpc) is 3.91. The molecule has 3 radical (unpaired) electrons. The van der Waals surface area contributed by atoms with Crippen molar-refractivity contribution in [1.82, 2.24) is 0 Å². The lowest BCUT2D eigenvalue weighted by Gasteiger charge is -2.10. The monoisotopic (exact) mass is 769 g/mol. The Bertz CT molecular complexity index is 1400. The van der Waals surface area contributed by atoms with Gasteiger partial charge in [0.05, 0.1) is 64.0 Å². The number of phenolic OH excluding ortho intramolecular Hbond substituents is 3. The molecular formula is C33H41BClO14P2. The van der Waals surface area contributed by atoms with E-state index in [1.807, 2.05) is 27.7 Å². The SMILES string of the molecule is ClCC1CO1.Oc1cc(O)cc(OP)c1.Oc1cc(OCC2CO2)cc(OCC2CO2)c1.POc1cc(OCC2CO2)cc(OCC2CO2)c1.[B]. The first kappa shape index (κ1) is 40.6. The van der Waals surface area contributed by atoms with Crippen LogP contribution < -0.4 is 28.0 Å². The molecule has 8 rings (SSSR count). The molecule has 51 heavy (non-hydrogen) atoms. The fourth-order valence-corrected chi connectivity index (χ4v) is 4.16. The average molecular weight is 770 g/mol. The first-order valence-corrected chi connectivity index (χ1v) is 17.2. The molecule has 0 aromatic heterocycles. The Balaban J connectivity index is 0.000000164. The number of phenols is 3. The van der Waals surface area contributed by atoms with Gasteiger partial charge in [-0.05, 0) is 0 Å². The summed E-state index contributed by atoms with van der Waals surface area (Å²) in [4.78, 5) is 0.